The molecule has 4 heteroatoms. The van der Waals surface area contributed by atoms with Crippen molar-refractivity contribution in [1.29, 1.82) is 0 Å². The quantitative estimate of drug-likeness (QED) is 0.900. The number of benzene rings is 1. The van der Waals surface area contributed by atoms with Gasteiger partial charge in [0.05, 0.1) is 0 Å². The molecule has 1 aromatic rings. The third-order valence-corrected chi connectivity index (χ3v) is 5.73. The maximum atomic E-state index is 5.95. The van der Waals surface area contributed by atoms with Crippen LogP contribution in [-0.2, 0) is 6.54 Å². The third-order valence-electron chi connectivity index (χ3n) is 4.98. The van der Waals surface area contributed by atoms with Crippen molar-refractivity contribution in [2.24, 2.45) is 11.7 Å². The number of anilines is 1. The van der Waals surface area contributed by atoms with Gasteiger partial charge in [0.15, 0.2) is 0 Å². The highest BCUT2D eigenvalue weighted by Gasteiger charge is 2.34. The standard InChI is InChI=1S/C16H24BrN3/c1-19-8-3-4-12-11-20(9-7-15(12)19)16-6-2-5-14(17)13(16)10-18/h2,5-6,12,15H,3-4,7-11,18H2,1H3. The zero-order chi connectivity index (χ0) is 14.1. The van der Waals surface area contributed by atoms with Crippen LogP contribution in [0.15, 0.2) is 22.7 Å². The first-order valence-corrected chi connectivity index (χ1v) is 8.42. The van der Waals surface area contributed by atoms with Crippen LogP contribution in [0.4, 0.5) is 5.69 Å². The highest BCUT2D eigenvalue weighted by Crippen LogP contribution is 2.34. The maximum absolute atomic E-state index is 5.95. The Morgan fingerprint density at radius 2 is 2.15 bits per heavy atom. The van der Waals surface area contributed by atoms with E-state index in [0.717, 1.165) is 23.0 Å². The monoisotopic (exact) mass is 337 g/mol. The maximum Gasteiger partial charge on any atom is 0.0423 e. The van der Waals surface area contributed by atoms with Crippen molar-refractivity contribution in [1.82, 2.24) is 4.90 Å². The smallest absolute Gasteiger partial charge is 0.0423 e. The van der Waals surface area contributed by atoms with Crippen LogP contribution in [0.3, 0.4) is 0 Å². The van der Waals surface area contributed by atoms with Crippen LogP contribution in [-0.4, -0.2) is 37.6 Å². The summed E-state index contributed by atoms with van der Waals surface area (Å²) in [5.74, 6) is 0.812. The van der Waals surface area contributed by atoms with Gasteiger partial charge in [0.25, 0.3) is 0 Å². The molecule has 2 atom stereocenters. The molecule has 20 heavy (non-hydrogen) atoms. The van der Waals surface area contributed by atoms with Crippen LogP contribution in [0, 0.1) is 5.92 Å². The number of rotatable bonds is 2. The first-order chi connectivity index (χ1) is 9.70. The zero-order valence-electron chi connectivity index (χ0n) is 12.2. The fourth-order valence-corrected chi connectivity index (χ4v) is 4.43. The highest BCUT2D eigenvalue weighted by atomic mass is 79.9. The number of likely N-dealkylation sites (tertiary alicyclic amines) is 1. The topological polar surface area (TPSA) is 32.5 Å². The summed E-state index contributed by atoms with van der Waals surface area (Å²) >= 11 is 3.64. The van der Waals surface area contributed by atoms with Crippen LogP contribution >= 0.6 is 15.9 Å². The first kappa shape index (κ1) is 14.4. The van der Waals surface area contributed by atoms with Crippen molar-refractivity contribution in [3.8, 4) is 0 Å². The molecular weight excluding hydrogens is 314 g/mol. The number of piperidine rings is 2. The van der Waals surface area contributed by atoms with E-state index in [9.17, 15) is 0 Å². The minimum Gasteiger partial charge on any atom is -0.371 e. The van der Waals surface area contributed by atoms with E-state index in [1.165, 1.54) is 43.6 Å². The van der Waals surface area contributed by atoms with Crippen molar-refractivity contribution >= 4 is 21.6 Å². The van der Waals surface area contributed by atoms with Crippen molar-refractivity contribution in [2.75, 3.05) is 31.6 Å². The minimum atomic E-state index is 0.598. The number of hydrogen-bond acceptors (Lipinski definition) is 3. The summed E-state index contributed by atoms with van der Waals surface area (Å²) in [6, 6.07) is 7.22. The number of nitrogens with two attached hydrogens (primary N) is 1. The molecule has 2 aliphatic heterocycles. The number of nitrogens with zero attached hydrogens (tertiary/aromatic N) is 2. The predicted molar refractivity (Wildman–Crippen MR) is 88.0 cm³/mol. The predicted octanol–water partition coefficient (Wildman–Crippen LogP) is 2.83. The Morgan fingerprint density at radius 1 is 1.30 bits per heavy atom. The molecule has 0 saturated carbocycles. The van der Waals surface area contributed by atoms with Gasteiger partial charge >= 0.3 is 0 Å². The minimum absolute atomic E-state index is 0.598. The van der Waals surface area contributed by atoms with Gasteiger partial charge in [-0.3, -0.25) is 0 Å². The molecule has 2 fully saturated rings. The molecule has 0 aromatic heterocycles. The normalized spacial score (nSPS) is 27.4. The average molecular weight is 338 g/mol. The van der Waals surface area contributed by atoms with Gasteiger partial charge in [-0.25, -0.2) is 0 Å². The fraction of sp³-hybridized carbons (Fsp3) is 0.625. The average Bonchev–Trinajstić information content (AvgIpc) is 2.47. The lowest BCUT2D eigenvalue weighted by atomic mass is 9.84. The van der Waals surface area contributed by atoms with Crippen molar-refractivity contribution in [3.63, 3.8) is 0 Å². The molecule has 3 nitrogen and oxygen atoms in total. The summed E-state index contributed by atoms with van der Waals surface area (Å²) in [6.07, 6.45) is 3.99. The van der Waals surface area contributed by atoms with Crippen LogP contribution < -0.4 is 10.6 Å². The van der Waals surface area contributed by atoms with Crippen LogP contribution in [0.2, 0.25) is 0 Å². The summed E-state index contributed by atoms with van der Waals surface area (Å²) in [5.41, 5.74) is 8.52. The van der Waals surface area contributed by atoms with Crippen molar-refractivity contribution in [2.45, 2.75) is 31.8 Å². The second-order valence-corrected chi connectivity index (χ2v) is 6.98. The van der Waals surface area contributed by atoms with Gasteiger partial charge in [-0.1, -0.05) is 22.0 Å². The highest BCUT2D eigenvalue weighted by molar-refractivity contribution is 9.10. The first-order valence-electron chi connectivity index (χ1n) is 7.63. The number of halogens is 1. The summed E-state index contributed by atoms with van der Waals surface area (Å²) in [7, 11) is 2.29. The van der Waals surface area contributed by atoms with Crippen molar-refractivity contribution < 1.29 is 0 Å². The Labute approximate surface area is 130 Å². The van der Waals surface area contributed by atoms with E-state index < -0.39 is 0 Å². The number of hydrogen-bond donors (Lipinski definition) is 1. The van der Waals surface area contributed by atoms with E-state index in [2.05, 4.69) is 51.0 Å². The Kier molecular flexibility index (Phi) is 4.34. The number of fused-ring (bicyclic) bond motifs is 1. The molecule has 0 amide bonds. The molecule has 110 valence electrons. The molecule has 2 saturated heterocycles. The molecule has 2 aliphatic rings. The van der Waals surface area contributed by atoms with Gasteiger partial charge in [0.1, 0.15) is 0 Å². The Morgan fingerprint density at radius 3 is 2.95 bits per heavy atom. The zero-order valence-corrected chi connectivity index (χ0v) is 13.8. The van der Waals surface area contributed by atoms with Crippen LogP contribution in [0.1, 0.15) is 24.8 Å². The summed E-state index contributed by atoms with van der Waals surface area (Å²) in [6.45, 7) is 4.20. The van der Waals surface area contributed by atoms with E-state index in [4.69, 9.17) is 5.73 Å². The largest absolute Gasteiger partial charge is 0.371 e. The van der Waals surface area contributed by atoms with Gasteiger partial charge in [0.2, 0.25) is 0 Å². The SMILES string of the molecule is CN1CCCC2CN(c3cccc(Br)c3CN)CCC21. The second-order valence-electron chi connectivity index (χ2n) is 6.13. The summed E-state index contributed by atoms with van der Waals surface area (Å²) < 4.78 is 1.14. The third kappa shape index (κ3) is 2.61. The van der Waals surface area contributed by atoms with E-state index >= 15 is 0 Å². The van der Waals surface area contributed by atoms with E-state index in [0.29, 0.717) is 6.54 Å². The van der Waals surface area contributed by atoms with Gasteiger partial charge in [0, 0.05) is 41.4 Å². The molecule has 0 aliphatic carbocycles. The van der Waals surface area contributed by atoms with Gasteiger partial charge in [-0.2, -0.15) is 0 Å². The van der Waals surface area contributed by atoms with E-state index in [1.54, 1.807) is 0 Å². The van der Waals surface area contributed by atoms with Crippen LogP contribution in [0.5, 0.6) is 0 Å². The summed E-state index contributed by atoms with van der Waals surface area (Å²) in [4.78, 5) is 5.11. The van der Waals surface area contributed by atoms with E-state index in [-0.39, 0.29) is 0 Å². The molecule has 0 spiro atoms. The molecule has 2 unspecified atom stereocenters. The van der Waals surface area contributed by atoms with Crippen LogP contribution in [0.25, 0.3) is 0 Å². The Balaban J connectivity index is 1.81. The van der Waals surface area contributed by atoms with Gasteiger partial charge in [-0.05, 0) is 50.9 Å². The molecule has 0 radical (unpaired) electrons. The molecule has 2 heterocycles. The molecule has 3 rings (SSSR count). The lowest BCUT2D eigenvalue weighted by Gasteiger charge is -2.47. The van der Waals surface area contributed by atoms with Gasteiger partial charge < -0.3 is 15.5 Å². The molecule has 1 aromatic carbocycles. The molecule has 2 N–H and O–H groups in total. The molecule has 0 bridgehead atoms. The lowest BCUT2D eigenvalue weighted by Crippen LogP contribution is -2.52. The van der Waals surface area contributed by atoms with Crippen molar-refractivity contribution in [3.05, 3.63) is 28.2 Å². The van der Waals surface area contributed by atoms with Gasteiger partial charge in [-0.15, -0.1) is 0 Å². The fourth-order valence-electron chi connectivity index (χ4n) is 3.92. The molecular formula is C16H24BrN3. The summed E-state index contributed by atoms with van der Waals surface area (Å²) in [5, 5.41) is 0. The van der Waals surface area contributed by atoms with E-state index in [1.807, 2.05) is 0 Å². The lowest BCUT2D eigenvalue weighted by molar-refractivity contribution is 0.102. The Bertz CT molecular complexity index is 477. The Hall–Kier alpha value is -0.580. The second kappa shape index (κ2) is 6.04.